The Morgan fingerprint density at radius 3 is 2.38 bits per heavy atom. The zero-order valence-corrected chi connectivity index (χ0v) is 12.5. The van der Waals surface area contributed by atoms with Crippen molar-refractivity contribution < 1.29 is 19.4 Å². The topological polar surface area (TPSA) is 89.6 Å². The zero-order valence-electron chi connectivity index (χ0n) is 12.5. The number of rotatable bonds is 1. The molecule has 1 aliphatic rings. The number of carbonyl (C=O) groups is 2. The lowest BCUT2D eigenvalue weighted by molar-refractivity contribution is -0.138. The van der Waals surface area contributed by atoms with Crippen LogP contribution in [0.4, 0.5) is 16.2 Å². The van der Waals surface area contributed by atoms with Crippen molar-refractivity contribution in [1.29, 1.82) is 0 Å². The number of methoxy groups -OCH3 is 1. The van der Waals surface area contributed by atoms with E-state index in [1.165, 1.54) is 7.11 Å². The lowest BCUT2D eigenvalue weighted by Gasteiger charge is -2.40. The van der Waals surface area contributed by atoms with Gasteiger partial charge in [0, 0.05) is 23.4 Å². The highest BCUT2D eigenvalue weighted by molar-refractivity contribution is 6.08. The fourth-order valence-electron chi connectivity index (χ4n) is 2.86. The summed E-state index contributed by atoms with van der Waals surface area (Å²) >= 11 is 0. The summed E-state index contributed by atoms with van der Waals surface area (Å²) in [5.74, 6) is -0.665. The maximum atomic E-state index is 12.2. The van der Waals surface area contributed by atoms with Crippen molar-refractivity contribution in [2.75, 3.05) is 12.8 Å². The summed E-state index contributed by atoms with van der Waals surface area (Å²) < 4.78 is 4.14. The second-order valence-electron chi connectivity index (χ2n) is 5.96. The van der Waals surface area contributed by atoms with Crippen molar-refractivity contribution in [3.8, 4) is 0 Å². The van der Waals surface area contributed by atoms with Gasteiger partial charge in [-0.15, -0.1) is 4.48 Å². The van der Waals surface area contributed by atoms with E-state index < -0.39 is 22.1 Å². The Bertz CT molecular complexity index is 658. The molecule has 0 saturated carbocycles. The van der Waals surface area contributed by atoms with E-state index in [4.69, 9.17) is 10.5 Å². The van der Waals surface area contributed by atoms with Crippen LogP contribution in [0, 0.1) is 0 Å². The molecule has 0 fully saturated rings. The lowest BCUT2D eigenvalue weighted by Crippen LogP contribution is -2.64. The summed E-state index contributed by atoms with van der Waals surface area (Å²) in [5.41, 5.74) is 6.64. The number of amides is 1. The number of nitrogen functional groups attached to an aromatic ring is 1. The molecule has 0 aliphatic carbocycles. The second-order valence-corrected chi connectivity index (χ2v) is 5.96. The summed E-state index contributed by atoms with van der Waals surface area (Å²) in [4.78, 5) is 24.3. The molecular weight excluding hydrogens is 272 g/mol. The van der Waals surface area contributed by atoms with Crippen LogP contribution in [0.15, 0.2) is 23.9 Å². The van der Waals surface area contributed by atoms with Gasteiger partial charge in [0.25, 0.3) is 0 Å². The molecule has 1 atom stereocenters. The molecule has 21 heavy (non-hydrogen) atoms. The number of ether oxygens (including phenoxy) is 1. The Kier molecular flexibility index (Phi) is 3.29. The maximum absolute atomic E-state index is 12.2. The van der Waals surface area contributed by atoms with E-state index in [-0.39, 0.29) is 5.70 Å². The standard InChI is InChI=1S/C15H18N2O4/c1-15(2,3)17(14(19)20)11-8-10(16)6-5-9(11)7-12(17)13(18)21-4/h5-8H,1-4H3,(H2-,16,18,19,20)/p+1. The number of hydrogen-bond acceptors (Lipinski definition) is 4. The summed E-state index contributed by atoms with van der Waals surface area (Å²) in [7, 11) is 1.24. The van der Waals surface area contributed by atoms with Gasteiger partial charge in [0.05, 0.1) is 7.11 Å². The van der Waals surface area contributed by atoms with E-state index in [2.05, 4.69) is 0 Å². The summed E-state index contributed by atoms with van der Waals surface area (Å²) in [6.07, 6.45) is 0.406. The van der Waals surface area contributed by atoms with Crippen molar-refractivity contribution in [2.24, 2.45) is 0 Å². The highest BCUT2D eigenvalue weighted by Gasteiger charge is 2.60. The highest BCUT2D eigenvalue weighted by Crippen LogP contribution is 2.47. The van der Waals surface area contributed by atoms with Gasteiger partial charge in [-0.3, -0.25) is 0 Å². The highest BCUT2D eigenvalue weighted by atomic mass is 16.5. The molecule has 1 heterocycles. The van der Waals surface area contributed by atoms with E-state index in [1.807, 2.05) is 0 Å². The fourth-order valence-corrected chi connectivity index (χ4v) is 2.86. The molecule has 2 rings (SSSR count). The van der Waals surface area contributed by atoms with Crippen LogP contribution in [0.2, 0.25) is 0 Å². The first-order valence-corrected chi connectivity index (χ1v) is 6.49. The van der Waals surface area contributed by atoms with Crippen molar-refractivity contribution in [3.63, 3.8) is 0 Å². The predicted octanol–water partition coefficient (Wildman–Crippen LogP) is 2.58. The molecule has 0 spiro atoms. The molecule has 1 aromatic carbocycles. The van der Waals surface area contributed by atoms with E-state index >= 15 is 0 Å². The molecule has 6 heteroatoms. The lowest BCUT2D eigenvalue weighted by atomic mass is 9.99. The third-order valence-electron chi connectivity index (χ3n) is 3.76. The molecule has 6 nitrogen and oxygen atoms in total. The van der Waals surface area contributed by atoms with Crippen LogP contribution < -0.4 is 10.2 Å². The first-order valence-electron chi connectivity index (χ1n) is 6.49. The molecule has 3 N–H and O–H groups in total. The number of hydrogen-bond donors (Lipinski definition) is 2. The van der Waals surface area contributed by atoms with Gasteiger partial charge in [0.15, 0.2) is 5.69 Å². The Labute approximate surface area is 123 Å². The monoisotopic (exact) mass is 291 g/mol. The minimum Gasteiger partial charge on any atom is -0.462 e. The number of fused-ring (bicyclic) bond motifs is 1. The Morgan fingerprint density at radius 1 is 1.29 bits per heavy atom. The van der Waals surface area contributed by atoms with Gasteiger partial charge in [-0.05, 0) is 32.9 Å². The largest absolute Gasteiger partial charge is 0.524 e. The number of carbonyl (C=O) groups excluding carboxylic acids is 1. The van der Waals surface area contributed by atoms with Crippen LogP contribution in [-0.4, -0.2) is 29.8 Å². The van der Waals surface area contributed by atoms with Gasteiger partial charge in [0.1, 0.15) is 5.54 Å². The molecule has 112 valence electrons. The fraction of sp³-hybridized carbons (Fsp3) is 0.333. The SMILES string of the molecule is COC(=O)C1=Cc2ccc(N)cc2[N+]1(C(=O)O)C(C)(C)C. The van der Waals surface area contributed by atoms with Crippen molar-refractivity contribution in [2.45, 2.75) is 26.3 Å². The second kappa shape index (κ2) is 4.60. The first-order chi connectivity index (χ1) is 9.66. The Morgan fingerprint density at radius 2 is 1.90 bits per heavy atom. The molecule has 0 saturated heterocycles. The van der Waals surface area contributed by atoms with Crippen LogP contribution in [0.3, 0.4) is 0 Å². The molecule has 0 radical (unpaired) electrons. The molecule has 1 amide bonds. The van der Waals surface area contributed by atoms with Crippen LogP contribution in [0.1, 0.15) is 26.3 Å². The summed E-state index contributed by atoms with van der Waals surface area (Å²) in [6, 6.07) is 4.98. The predicted molar refractivity (Wildman–Crippen MR) is 80.4 cm³/mol. The van der Waals surface area contributed by atoms with Crippen molar-refractivity contribution >= 4 is 29.5 Å². The van der Waals surface area contributed by atoms with Crippen LogP contribution in [-0.2, 0) is 9.53 Å². The van der Waals surface area contributed by atoms with E-state index in [9.17, 15) is 14.7 Å². The maximum Gasteiger partial charge on any atom is 0.524 e. The molecule has 1 aromatic rings. The van der Waals surface area contributed by atoms with Gasteiger partial charge >= 0.3 is 12.1 Å². The summed E-state index contributed by atoms with van der Waals surface area (Å²) in [5, 5.41) is 9.93. The van der Waals surface area contributed by atoms with Crippen molar-refractivity contribution in [1.82, 2.24) is 4.48 Å². The van der Waals surface area contributed by atoms with E-state index in [0.29, 0.717) is 16.9 Å². The van der Waals surface area contributed by atoms with Crippen LogP contribution in [0.5, 0.6) is 0 Å². The number of benzene rings is 1. The number of carboxylic acid groups (broad SMARTS) is 1. The zero-order chi connectivity index (χ0) is 16.0. The Hall–Kier alpha value is -2.34. The van der Waals surface area contributed by atoms with E-state index in [0.717, 1.165) is 0 Å². The number of nitrogens with two attached hydrogens (primary N) is 1. The smallest absolute Gasteiger partial charge is 0.462 e. The van der Waals surface area contributed by atoms with E-state index in [1.54, 1.807) is 45.0 Å². The molecule has 0 aromatic heterocycles. The van der Waals surface area contributed by atoms with Gasteiger partial charge in [-0.25, -0.2) is 4.79 Å². The third kappa shape index (κ3) is 1.91. The number of esters is 1. The van der Waals surface area contributed by atoms with Gasteiger partial charge < -0.3 is 15.6 Å². The third-order valence-corrected chi connectivity index (χ3v) is 3.76. The average Bonchev–Trinajstić information content (AvgIpc) is 2.72. The van der Waals surface area contributed by atoms with Crippen LogP contribution >= 0.6 is 0 Å². The molecule has 1 unspecified atom stereocenters. The molecule has 1 aliphatic heterocycles. The number of anilines is 1. The normalized spacial score (nSPS) is 20.7. The Balaban J connectivity index is 2.86. The van der Waals surface area contributed by atoms with Crippen molar-refractivity contribution in [3.05, 3.63) is 29.5 Å². The molecule has 0 bridgehead atoms. The molecular formula is C15H19N2O4+. The first kappa shape index (κ1) is 15.1. The summed E-state index contributed by atoms with van der Waals surface area (Å²) in [6.45, 7) is 5.28. The minimum atomic E-state index is -1.15. The number of nitrogens with zero attached hydrogens (tertiary/aromatic N) is 1. The van der Waals surface area contributed by atoms with Crippen LogP contribution in [0.25, 0.3) is 6.08 Å². The quantitative estimate of drug-likeness (QED) is 0.471. The van der Waals surface area contributed by atoms with Gasteiger partial charge in [-0.2, -0.15) is 4.79 Å². The van der Waals surface area contributed by atoms with Gasteiger partial charge in [0.2, 0.25) is 5.70 Å². The number of quaternary nitrogens is 1. The average molecular weight is 291 g/mol. The minimum absolute atomic E-state index is 0.0677. The van der Waals surface area contributed by atoms with Gasteiger partial charge in [-0.1, -0.05) is 0 Å².